The largest absolute Gasteiger partial charge is 0.347 e. The number of carbonyl (C=O) groups is 1. The molecule has 5 nitrogen and oxygen atoms in total. The summed E-state index contributed by atoms with van der Waals surface area (Å²) in [6.45, 7) is 0.808. The highest BCUT2D eigenvalue weighted by atomic mass is 32.1. The summed E-state index contributed by atoms with van der Waals surface area (Å²) in [5.41, 5.74) is 7.22. The molecule has 1 amide bonds. The maximum atomic E-state index is 11.7. The summed E-state index contributed by atoms with van der Waals surface area (Å²) < 4.78 is 3.64. The Balaban J connectivity index is 1.91. The summed E-state index contributed by atoms with van der Waals surface area (Å²) in [5, 5.41) is 6.42. The highest BCUT2D eigenvalue weighted by Crippen LogP contribution is 2.05. The quantitative estimate of drug-likeness (QED) is 0.809. The maximum absolute atomic E-state index is 11.7. The average Bonchev–Trinajstić information content (AvgIpc) is 2.98. The Morgan fingerprint density at radius 2 is 2.16 bits per heavy atom. The smallest absolute Gasteiger partial charge is 0.264 e. The van der Waals surface area contributed by atoms with Gasteiger partial charge in [0.1, 0.15) is 4.88 Å². The second-order valence-corrected chi connectivity index (χ2v) is 4.45. The van der Waals surface area contributed by atoms with Crippen molar-refractivity contribution in [3.8, 4) is 11.8 Å². The van der Waals surface area contributed by atoms with Gasteiger partial charge in [-0.25, -0.2) is 0 Å². The zero-order valence-corrected chi connectivity index (χ0v) is 10.9. The van der Waals surface area contributed by atoms with E-state index in [1.54, 1.807) is 0 Å². The van der Waals surface area contributed by atoms with Crippen LogP contribution in [0.3, 0.4) is 0 Å². The van der Waals surface area contributed by atoms with Crippen molar-refractivity contribution in [2.24, 2.45) is 5.73 Å². The summed E-state index contributed by atoms with van der Waals surface area (Å²) >= 11 is 1.07. The second kappa shape index (κ2) is 6.64. The number of nitrogens with one attached hydrogen (secondary N) is 1. The normalized spacial score (nSPS) is 9.53. The Kier molecular flexibility index (Phi) is 4.61. The predicted molar refractivity (Wildman–Crippen MR) is 73.5 cm³/mol. The molecule has 2 rings (SSSR count). The molecule has 3 N–H and O–H groups in total. The first-order chi connectivity index (χ1) is 9.29. The van der Waals surface area contributed by atoms with Crippen molar-refractivity contribution < 1.29 is 4.79 Å². The lowest BCUT2D eigenvalue weighted by molar-refractivity contribution is 0.0955. The number of nitrogens with zero attached hydrogens (tertiary/aromatic N) is 2. The summed E-state index contributed by atoms with van der Waals surface area (Å²) in [4.78, 5) is 12.2. The average molecular weight is 272 g/mol. The van der Waals surface area contributed by atoms with Gasteiger partial charge in [-0.05, 0) is 29.2 Å². The number of rotatable bonds is 3. The fourth-order valence-electron chi connectivity index (χ4n) is 1.40. The van der Waals surface area contributed by atoms with Crippen LogP contribution in [-0.2, 0) is 6.54 Å². The van der Waals surface area contributed by atoms with Gasteiger partial charge in [-0.15, -0.1) is 5.10 Å². The van der Waals surface area contributed by atoms with E-state index >= 15 is 0 Å². The molecule has 0 fully saturated rings. The van der Waals surface area contributed by atoms with Gasteiger partial charge in [-0.2, -0.15) is 0 Å². The van der Waals surface area contributed by atoms with E-state index in [0.29, 0.717) is 18.0 Å². The first-order valence-electron chi connectivity index (χ1n) is 5.63. The van der Waals surface area contributed by atoms with Crippen molar-refractivity contribution in [1.82, 2.24) is 14.9 Å². The van der Waals surface area contributed by atoms with Crippen molar-refractivity contribution in [2.45, 2.75) is 6.54 Å². The van der Waals surface area contributed by atoms with Crippen LogP contribution in [0.4, 0.5) is 0 Å². The lowest BCUT2D eigenvalue weighted by Gasteiger charge is -2.03. The molecule has 1 heterocycles. The number of aromatic nitrogens is 2. The summed E-state index contributed by atoms with van der Waals surface area (Å²) in [6, 6.07) is 7.65. The Morgan fingerprint density at radius 3 is 2.79 bits per heavy atom. The van der Waals surface area contributed by atoms with Crippen LogP contribution in [0.15, 0.2) is 30.5 Å². The van der Waals surface area contributed by atoms with Crippen molar-refractivity contribution in [2.75, 3.05) is 6.54 Å². The Morgan fingerprint density at radius 1 is 1.37 bits per heavy atom. The van der Waals surface area contributed by atoms with E-state index in [1.165, 1.54) is 6.20 Å². The van der Waals surface area contributed by atoms with E-state index < -0.39 is 0 Å². The summed E-state index contributed by atoms with van der Waals surface area (Å²) in [7, 11) is 0. The van der Waals surface area contributed by atoms with Gasteiger partial charge in [-0.3, -0.25) is 4.79 Å². The third kappa shape index (κ3) is 3.88. The van der Waals surface area contributed by atoms with Crippen LogP contribution >= 0.6 is 11.5 Å². The number of benzene rings is 1. The van der Waals surface area contributed by atoms with E-state index in [-0.39, 0.29) is 5.91 Å². The van der Waals surface area contributed by atoms with E-state index in [2.05, 4.69) is 26.7 Å². The molecule has 0 aliphatic carbocycles. The molecular weight excluding hydrogens is 260 g/mol. The van der Waals surface area contributed by atoms with E-state index in [0.717, 1.165) is 22.7 Å². The summed E-state index contributed by atoms with van der Waals surface area (Å²) in [6.07, 6.45) is 1.45. The minimum atomic E-state index is -0.165. The second-order valence-electron chi connectivity index (χ2n) is 3.67. The van der Waals surface area contributed by atoms with Crippen LogP contribution in [0.1, 0.15) is 20.8 Å². The first kappa shape index (κ1) is 13.2. The lowest BCUT2D eigenvalue weighted by Crippen LogP contribution is -2.21. The molecule has 19 heavy (non-hydrogen) atoms. The molecule has 1 aromatic heterocycles. The number of amides is 1. The third-order valence-corrected chi connectivity index (χ3v) is 2.99. The van der Waals surface area contributed by atoms with Gasteiger partial charge in [0.2, 0.25) is 0 Å². The monoisotopic (exact) mass is 272 g/mol. The van der Waals surface area contributed by atoms with Gasteiger partial charge in [-0.1, -0.05) is 28.5 Å². The van der Waals surface area contributed by atoms with Gasteiger partial charge in [0, 0.05) is 12.1 Å². The van der Waals surface area contributed by atoms with Crippen LogP contribution in [0.25, 0.3) is 0 Å². The van der Waals surface area contributed by atoms with Crippen molar-refractivity contribution in [3.05, 3.63) is 46.5 Å². The van der Waals surface area contributed by atoms with Crippen molar-refractivity contribution >= 4 is 17.4 Å². The molecule has 0 saturated carbocycles. The minimum Gasteiger partial charge on any atom is -0.347 e. The molecule has 0 saturated heterocycles. The number of carbonyl (C=O) groups excluding carboxylic acids is 1. The molecule has 0 spiro atoms. The zero-order chi connectivity index (χ0) is 13.5. The SMILES string of the molecule is NCC#Cc1ccc(CNC(=O)c2cnns2)cc1. The molecule has 0 atom stereocenters. The van der Waals surface area contributed by atoms with E-state index in [9.17, 15) is 4.79 Å². The molecule has 96 valence electrons. The van der Waals surface area contributed by atoms with Crippen LogP contribution < -0.4 is 11.1 Å². The summed E-state index contributed by atoms with van der Waals surface area (Å²) in [5.74, 6) is 5.57. The Bertz CT molecular complexity index is 596. The van der Waals surface area contributed by atoms with Crippen molar-refractivity contribution in [1.29, 1.82) is 0 Å². The van der Waals surface area contributed by atoms with Crippen LogP contribution in [0, 0.1) is 11.8 Å². The topological polar surface area (TPSA) is 80.9 Å². The Hall–Kier alpha value is -2.23. The molecule has 1 aromatic carbocycles. The molecule has 0 bridgehead atoms. The fraction of sp³-hybridized carbons (Fsp3) is 0.154. The molecule has 0 unspecified atom stereocenters. The Labute approximate surface area is 115 Å². The molecular formula is C13H12N4OS. The van der Waals surface area contributed by atoms with E-state index in [1.807, 2.05) is 24.3 Å². The minimum absolute atomic E-state index is 0.165. The first-order valence-corrected chi connectivity index (χ1v) is 6.40. The fourth-order valence-corrected chi connectivity index (χ4v) is 1.83. The molecule has 2 aromatic rings. The molecule has 0 aliphatic rings. The third-order valence-electron chi connectivity index (χ3n) is 2.33. The van der Waals surface area contributed by atoms with Gasteiger partial charge in [0.15, 0.2) is 0 Å². The van der Waals surface area contributed by atoms with Gasteiger partial charge >= 0.3 is 0 Å². The highest BCUT2D eigenvalue weighted by molar-refractivity contribution is 7.07. The number of hydrogen-bond donors (Lipinski definition) is 2. The molecule has 0 radical (unpaired) electrons. The van der Waals surface area contributed by atoms with E-state index in [4.69, 9.17) is 5.73 Å². The molecule has 0 aliphatic heterocycles. The molecule has 6 heteroatoms. The standard InChI is InChI=1S/C13H12N4OS/c14-7-1-2-10-3-5-11(6-4-10)8-15-13(18)12-9-16-17-19-12/h3-6,9H,7-8,14H2,(H,15,18). The predicted octanol–water partition coefficient (Wildman–Crippen LogP) is 0.778. The zero-order valence-electron chi connectivity index (χ0n) is 10.1. The number of nitrogens with two attached hydrogens (primary N) is 1. The number of hydrogen-bond acceptors (Lipinski definition) is 5. The van der Waals surface area contributed by atoms with Gasteiger partial charge < -0.3 is 11.1 Å². The van der Waals surface area contributed by atoms with Crippen LogP contribution in [0.5, 0.6) is 0 Å². The van der Waals surface area contributed by atoms with Gasteiger partial charge in [0.05, 0.1) is 12.7 Å². The van der Waals surface area contributed by atoms with Crippen molar-refractivity contribution in [3.63, 3.8) is 0 Å². The maximum Gasteiger partial charge on any atom is 0.264 e. The van der Waals surface area contributed by atoms with Crippen LogP contribution in [-0.4, -0.2) is 22.0 Å². The highest BCUT2D eigenvalue weighted by Gasteiger charge is 2.07. The lowest BCUT2D eigenvalue weighted by atomic mass is 10.1. The van der Waals surface area contributed by atoms with Crippen LogP contribution in [0.2, 0.25) is 0 Å². The van der Waals surface area contributed by atoms with Gasteiger partial charge in [0.25, 0.3) is 5.91 Å².